The van der Waals surface area contributed by atoms with Gasteiger partial charge in [-0.05, 0) is 41.4 Å². The van der Waals surface area contributed by atoms with E-state index in [1.165, 1.54) is 18.6 Å². The van der Waals surface area contributed by atoms with Gasteiger partial charge in [0.05, 0.1) is 24.3 Å². The van der Waals surface area contributed by atoms with Crippen molar-refractivity contribution in [1.82, 2.24) is 4.37 Å². The third-order valence-electron chi connectivity index (χ3n) is 2.71. The van der Waals surface area contributed by atoms with Gasteiger partial charge in [-0.3, -0.25) is 4.79 Å². The van der Waals surface area contributed by atoms with Crippen LogP contribution in [-0.2, 0) is 4.79 Å². The topological polar surface area (TPSA) is 97.5 Å². The van der Waals surface area contributed by atoms with Gasteiger partial charge in [0.25, 0.3) is 0 Å². The number of benzene rings is 1. The SMILES string of the molecule is COc1ccc(-c2ccns2)cc1NC(=O)[C@@H](N)CO. The van der Waals surface area contributed by atoms with E-state index in [-0.39, 0.29) is 0 Å². The van der Waals surface area contributed by atoms with Gasteiger partial charge in [0, 0.05) is 6.20 Å². The number of methoxy groups -OCH3 is 1. The predicted molar refractivity (Wildman–Crippen MR) is 77.8 cm³/mol. The number of ether oxygens (including phenoxy) is 1. The van der Waals surface area contributed by atoms with Crippen LogP contribution >= 0.6 is 11.5 Å². The maximum atomic E-state index is 11.7. The lowest BCUT2D eigenvalue weighted by Gasteiger charge is -2.13. The zero-order valence-corrected chi connectivity index (χ0v) is 11.7. The summed E-state index contributed by atoms with van der Waals surface area (Å²) in [5, 5.41) is 11.5. The van der Waals surface area contributed by atoms with E-state index in [1.807, 2.05) is 12.1 Å². The highest BCUT2D eigenvalue weighted by Gasteiger charge is 2.15. The van der Waals surface area contributed by atoms with E-state index < -0.39 is 18.6 Å². The van der Waals surface area contributed by atoms with Gasteiger partial charge in [-0.1, -0.05) is 0 Å². The molecule has 1 aromatic heterocycles. The minimum Gasteiger partial charge on any atom is -0.495 e. The average Bonchev–Trinajstić information content (AvgIpc) is 3.00. The minimum absolute atomic E-state index is 0.414. The third-order valence-corrected chi connectivity index (χ3v) is 3.51. The molecule has 1 aromatic carbocycles. The number of nitrogens with zero attached hydrogens (tertiary/aromatic N) is 1. The van der Waals surface area contributed by atoms with Crippen LogP contribution in [0.1, 0.15) is 0 Å². The molecule has 0 saturated carbocycles. The van der Waals surface area contributed by atoms with E-state index in [1.54, 1.807) is 18.3 Å². The van der Waals surface area contributed by atoms with Crippen molar-refractivity contribution >= 4 is 23.1 Å². The van der Waals surface area contributed by atoms with Gasteiger partial charge in [-0.15, -0.1) is 0 Å². The second-order valence-electron chi connectivity index (χ2n) is 4.07. The van der Waals surface area contributed by atoms with Crippen LogP contribution < -0.4 is 15.8 Å². The monoisotopic (exact) mass is 293 g/mol. The van der Waals surface area contributed by atoms with E-state index >= 15 is 0 Å². The molecule has 0 saturated heterocycles. The quantitative estimate of drug-likeness (QED) is 0.766. The maximum Gasteiger partial charge on any atom is 0.243 e. The van der Waals surface area contributed by atoms with Gasteiger partial charge in [-0.2, -0.15) is 0 Å². The summed E-state index contributed by atoms with van der Waals surface area (Å²) in [6.45, 7) is -0.414. The van der Waals surface area contributed by atoms with Crippen molar-refractivity contribution in [3.8, 4) is 16.2 Å². The number of carbonyl (C=O) groups is 1. The van der Waals surface area contributed by atoms with Gasteiger partial charge < -0.3 is 20.9 Å². The second kappa shape index (κ2) is 6.47. The summed E-state index contributed by atoms with van der Waals surface area (Å²) in [4.78, 5) is 12.7. The van der Waals surface area contributed by atoms with Crippen molar-refractivity contribution in [3.63, 3.8) is 0 Å². The molecular formula is C13H15N3O3S. The summed E-state index contributed by atoms with van der Waals surface area (Å²) in [6.07, 6.45) is 1.71. The molecule has 2 rings (SSSR count). The molecule has 0 aliphatic carbocycles. The molecule has 6 nitrogen and oxygen atoms in total. The summed E-state index contributed by atoms with van der Waals surface area (Å²) in [7, 11) is 1.52. The number of aliphatic hydroxyl groups excluding tert-OH is 1. The fourth-order valence-corrected chi connectivity index (χ4v) is 2.22. The second-order valence-corrected chi connectivity index (χ2v) is 4.90. The van der Waals surface area contributed by atoms with Crippen LogP contribution in [0.25, 0.3) is 10.4 Å². The highest BCUT2D eigenvalue weighted by Crippen LogP contribution is 2.32. The van der Waals surface area contributed by atoms with Gasteiger partial charge in [0.1, 0.15) is 11.8 Å². The average molecular weight is 293 g/mol. The molecule has 0 radical (unpaired) electrons. The van der Waals surface area contributed by atoms with E-state index in [0.717, 1.165) is 10.4 Å². The largest absolute Gasteiger partial charge is 0.495 e. The molecule has 1 amide bonds. The summed E-state index contributed by atoms with van der Waals surface area (Å²) in [5.41, 5.74) is 6.90. The van der Waals surface area contributed by atoms with Crippen LogP contribution in [-0.4, -0.2) is 35.1 Å². The number of nitrogens with two attached hydrogens (primary N) is 1. The highest BCUT2D eigenvalue weighted by molar-refractivity contribution is 7.09. The van der Waals surface area contributed by atoms with Crippen LogP contribution in [0.5, 0.6) is 5.75 Å². The number of hydrogen-bond acceptors (Lipinski definition) is 6. The molecule has 20 heavy (non-hydrogen) atoms. The first-order chi connectivity index (χ1) is 9.65. The molecule has 0 spiro atoms. The Morgan fingerprint density at radius 2 is 2.35 bits per heavy atom. The van der Waals surface area contributed by atoms with Gasteiger partial charge in [-0.25, -0.2) is 4.37 Å². The van der Waals surface area contributed by atoms with E-state index in [2.05, 4.69) is 9.69 Å². The van der Waals surface area contributed by atoms with E-state index in [9.17, 15) is 4.79 Å². The molecular weight excluding hydrogens is 278 g/mol. The molecule has 0 bridgehead atoms. The lowest BCUT2D eigenvalue weighted by molar-refractivity contribution is -0.118. The first-order valence-corrected chi connectivity index (χ1v) is 6.69. The molecule has 0 aliphatic rings. The fourth-order valence-electron chi connectivity index (χ4n) is 1.63. The number of rotatable bonds is 5. The molecule has 106 valence electrons. The summed E-state index contributed by atoms with van der Waals surface area (Å²) in [6, 6.07) is 6.35. The summed E-state index contributed by atoms with van der Waals surface area (Å²) >= 11 is 1.36. The van der Waals surface area contributed by atoms with Gasteiger partial charge in [0.2, 0.25) is 5.91 Å². The summed E-state index contributed by atoms with van der Waals surface area (Å²) in [5.74, 6) is 0.0593. The molecule has 0 fully saturated rings. The number of anilines is 1. The standard InChI is InChI=1S/C13H15N3O3S/c1-19-11-3-2-8(12-4-5-15-20-12)6-10(11)16-13(18)9(14)7-17/h2-6,9,17H,7,14H2,1H3,(H,16,18)/t9-/m0/s1. The Balaban J connectivity index is 2.30. The molecule has 0 aliphatic heterocycles. The smallest absolute Gasteiger partial charge is 0.243 e. The van der Waals surface area contributed by atoms with E-state index in [4.69, 9.17) is 15.6 Å². The number of hydrogen-bond donors (Lipinski definition) is 3. The van der Waals surface area contributed by atoms with Gasteiger partial charge in [0.15, 0.2) is 0 Å². The molecule has 0 unspecified atom stereocenters. The van der Waals surface area contributed by atoms with Crippen molar-refractivity contribution in [2.75, 3.05) is 19.0 Å². The Morgan fingerprint density at radius 1 is 1.55 bits per heavy atom. The Hall–Kier alpha value is -1.96. The van der Waals surface area contributed by atoms with Crippen molar-refractivity contribution in [2.45, 2.75) is 6.04 Å². The first-order valence-electron chi connectivity index (χ1n) is 5.92. The number of nitrogens with one attached hydrogen (secondary N) is 1. The minimum atomic E-state index is -0.966. The molecule has 7 heteroatoms. The lowest BCUT2D eigenvalue weighted by atomic mass is 10.1. The number of aromatic nitrogens is 1. The molecule has 2 aromatic rings. The van der Waals surface area contributed by atoms with Crippen LogP contribution in [0, 0.1) is 0 Å². The third kappa shape index (κ3) is 3.13. The molecule has 4 N–H and O–H groups in total. The Kier molecular flexibility index (Phi) is 4.67. The summed E-state index contributed by atoms with van der Waals surface area (Å²) < 4.78 is 9.24. The number of amides is 1. The van der Waals surface area contributed by atoms with Crippen molar-refractivity contribution in [1.29, 1.82) is 0 Å². The van der Waals surface area contributed by atoms with Crippen LogP contribution in [0.4, 0.5) is 5.69 Å². The zero-order valence-electron chi connectivity index (χ0n) is 10.9. The zero-order chi connectivity index (χ0) is 14.5. The molecule has 1 atom stereocenters. The lowest BCUT2D eigenvalue weighted by Crippen LogP contribution is -2.38. The van der Waals surface area contributed by atoms with Crippen molar-refractivity contribution in [3.05, 3.63) is 30.5 Å². The first kappa shape index (κ1) is 14.4. The Morgan fingerprint density at radius 3 is 2.95 bits per heavy atom. The van der Waals surface area contributed by atoms with Crippen LogP contribution in [0.3, 0.4) is 0 Å². The van der Waals surface area contributed by atoms with Crippen LogP contribution in [0.2, 0.25) is 0 Å². The van der Waals surface area contributed by atoms with Gasteiger partial charge >= 0.3 is 0 Å². The normalized spacial score (nSPS) is 11.9. The number of carbonyl (C=O) groups excluding carboxylic acids is 1. The maximum absolute atomic E-state index is 11.7. The predicted octanol–water partition coefficient (Wildman–Crippen LogP) is 1.08. The fraction of sp³-hybridized carbons (Fsp3) is 0.231. The Bertz CT molecular complexity index is 587. The van der Waals surface area contributed by atoms with E-state index in [0.29, 0.717) is 11.4 Å². The van der Waals surface area contributed by atoms with Crippen LogP contribution in [0.15, 0.2) is 30.5 Å². The van der Waals surface area contributed by atoms with Crippen molar-refractivity contribution < 1.29 is 14.6 Å². The number of aliphatic hydroxyl groups is 1. The Labute approximate surface area is 120 Å². The molecule has 1 heterocycles. The highest BCUT2D eigenvalue weighted by atomic mass is 32.1. The van der Waals surface area contributed by atoms with Crippen molar-refractivity contribution in [2.24, 2.45) is 5.73 Å².